The maximum absolute atomic E-state index is 5.96. The number of nitrogens with two attached hydrogens (primary N) is 1. The minimum atomic E-state index is 0.727. The van der Waals surface area contributed by atoms with Crippen molar-refractivity contribution in [3.05, 3.63) is 35.0 Å². The molecule has 0 aliphatic rings. The molecule has 2 aromatic rings. The van der Waals surface area contributed by atoms with E-state index in [9.17, 15) is 0 Å². The van der Waals surface area contributed by atoms with Crippen LogP contribution in [0, 0.1) is 6.92 Å². The fraction of sp³-hybridized carbons (Fsp3) is 0.100. The predicted molar refractivity (Wildman–Crippen MR) is 55.9 cm³/mol. The number of fused-ring (bicyclic) bond motifs is 1. The summed E-state index contributed by atoms with van der Waals surface area (Å²) >= 11 is 5.96. The smallest absolute Gasteiger partial charge is 0.0766 e. The first kappa shape index (κ1) is 8.32. The van der Waals surface area contributed by atoms with Crippen molar-refractivity contribution in [1.82, 2.24) is 4.98 Å². The molecule has 0 bridgehead atoms. The number of benzene rings is 1. The number of nitrogen functional groups attached to an aromatic ring is 1. The molecule has 0 saturated heterocycles. The van der Waals surface area contributed by atoms with Crippen LogP contribution in [-0.4, -0.2) is 4.98 Å². The molecular weight excluding hydrogens is 184 g/mol. The Morgan fingerprint density at radius 2 is 2.08 bits per heavy atom. The molecule has 2 nitrogen and oxygen atoms in total. The maximum atomic E-state index is 5.96. The third kappa shape index (κ3) is 1.23. The fourth-order valence-electron chi connectivity index (χ4n) is 1.36. The Hall–Kier alpha value is -1.28. The van der Waals surface area contributed by atoms with Crippen LogP contribution in [0.3, 0.4) is 0 Å². The summed E-state index contributed by atoms with van der Waals surface area (Å²) in [5.74, 6) is 0. The molecule has 3 heteroatoms. The van der Waals surface area contributed by atoms with Crippen molar-refractivity contribution in [2.24, 2.45) is 0 Å². The van der Waals surface area contributed by atoms with Crippen molar-refractivity contribution in [1.29, 1.82) is 0 Å². The second kappa shape index (κ2) is 2.89. The Morgan fingerprint density at radius 3 is 2.85 bits per heavy atom. The average Bonchev–Trinajstić information content (AvgIpc) is 2.12. The van der Waals surface area contributed by atoms with Crippen molar-refractivity contribution < 1.29 is 0 Å². The number of pyridine rings is 1. The first-order chi connectivity index (χ1) is 6.20. The summed E-state index contributed by atoms with van der Waals surface area (Å²) in [6.45, 7) is 1.94. The molecule has 2 rings (SSSR count). The quantitative estimate of drug-likeness (QED) is 0.697. The van der Waals surface area contributed by atoms with Crippen LogP contribution < -0.4 is 5.73 Å². The van der Waals surface area contributed by atoms with Gasteiger partial charge in [-0.25, -0.2) is 0 Å². The minimum absolute atomic E-state index is 0.727. The normalized spacial score (nSPS) is 10.6. The van der Waals surface area contributed by atoms with Gasteiger partial charge in [0, 0.05) is 22.3 Å². The number of halogens is 1. The van der Waals surface area contributed by atoms with Gasteiger partial charge in [-0.05, 0) is 30.7 Å². The lowest BCUT2D eigenvalue weighted by Gasteiger charge is -2.04. The molecule has 0 radical (unpaired) electrons. The summed E-state index contributed by atoms with van der Waals surface area (Å²) in [4.78, 5) is 4.24. The van der Waals surface area contributed by atoms with Crippen LogP contribution in [-0.2, 0) is 0 Å². The van der Waals surface area contributed by atoms with Gasteiger partial charge in [-0.1, -0.05) is 11.6 Å². The van der Waals surface area contributed by atoms with Crippen LogP contribution in [0.5, 0.6) is 0 Å². The molecule has 0 spiro atoms. The van der Waals surface area contributed by atoms with Gasteiger partial charge in [-0.15, -0.1) is 0 Å². The summed E-state index contributed by atoms with van der Waals surface area (Å²) < 4.78 is 0. The zero-order valence-electron chi connectivity index (χ0n) is 7.21. The first-order valence-electron chi connectivity index (χ1n) is 3.99. The molecule has 0 fully saturated rings. The van der Waals surface area contributed by atoms with Crippen molar-refractivity contribution in [3.8, 4) is 0 Å². The van der Waals surface area contributed by atoms with E-state index in [1.807, 2.05) is 19.1 Å². The zero-order chi connectivity index (χ0) is 9.42. The van der Waals surface area contributed by atoms with Gasteiger partial charge < -0.3 is 5.73 Å². The highest BCUT2D eigenvalue weighted by Crippen LogP contribution is 2.26. The summed E-state index contributed by atoms with van der Waals surface area (Å²) in [5.41, 5.74) is 8.39. The van der Waals surface area contributed by atoms with Gasteiger partial charge in [-0.3, -0.25) is 4.98 Å². The van der Waals surface area contributed by atoms with Crippen LogP contribution in [0.2, 0.25) is 5.02 Å². The summed E-state index contributed by atoms with van der Waals surface area (Å²) in [5, 5.41) is 1.69. The Balaban J connectivity index is 2.94. The fourth-order valence-corrected chi connectivity index (χ4v) is 1.51. The van der Waals surface area contributed by atoms with E-state index in [1.54, 1.807) is 12.3 Å². The van der Waals surface area contributed by atoms with Gasteiger partial charge in [0.15, 0.2) is 0 Å². The van der Waals surface area contributed by atoms with Crippen LogP contribution in [0.25, 0.3) is 10.9 Å². The molecule has 0 unspecified atom stereocenters. The largest absolute Gasteiger partial charge is 0.398 e. The van der Waals surface area contributed by atoms with Gasteiger partial charge in [0.05, 0.1) is 5.52 Å². The van der Waals surface area contributed by atoms with E-state index in [-0.39, 0.29) is 0 Å². The van der Waals surface area contributed by atoms with Gasteiger partial charge in [0.25, 0.3) is 0 Å². The van der Waals surface area contributed by atoms with Crippen molar-refractivity contribution in [2.45, 2.75) is 6.92 Å². The van der Waals surface area contributed by atoms with E-state index in [4.69, 9.17) is 17.3 Å². The molecule has 0 aliphatic heterocycles. The van der Waals surface area contributed by atoms with Crippen LogP contribution >= 0.6 is 11.6 Å². The summed E-state index contributed by atoms with van der Waals surface area (Å²) in [7, 11) is 0. The highest BCUT2D eigenvalue weighted by molar-refractivity contribution is 6.32. The molecule has 1 heterocycles. The monoisotopic (exact) mass is 192 g/mol. The number of hydrogen-bond acceptors (Lipinski definition) is 2. The zero-order valence-corrected chi connectivity index (χ0v) is 7.97. The van der Waals surface area contributed by atoms with E-state index in [2.05, 4.69) is 4.98 Å². The standard InChI is InChI=1S/C10H9ClN2/c1-6-8(11)3-2-7-9(12)4-5-13-10(6)7/h2-5H,1H3,(H2,12,13). The molecule has 0 amide bonds. The lowest BCUT2D eigenvalue weighted by atomic mass is 10.1. The molecule has 0 aliphatic carbocycles. The van der Waals surface area contributed by atoms with Gasteiger partial charge in [-0.2, -0.15) is 0 Å². The van der Waals surface area contributed by atoms with Gasteiger partial charge in [0.2, 0.25) is 0 Å². The number of aryl methyl sites for hydroxylation is 1. The Kier molecular flexibility index (Phi) is 1.85. The average molecular weight is 193 g/mol. The number of hydrogen-bond donors (Lipinski definition) is 1. The molecule has 1 aromatic heterocycles. The van der Waals surface area contributed by atoms with Crippen molar-refractivity contribution in [3.63, 3.8) is 0 Å². The van der Waals surface area contributed by atoms with E-state index < -0.39 is 0 Å². The summed E-state index contributed by atoms with van der Waals surface area (Å²) in [6.07, 6.45) is 1.70. The first-order valence-corrected chi connectivity index (χ1v) is 4.37. The molecule has 66 valence electrons. The highest BCUT2D eigenvalue weighted by Gasteiger charge is 2.04. The highest BCUT2D eigenvalue weighted by atomic mass is 35.5. The molecule has 2 N–H and O–H groups in total. The van der Waals surface area contributed by atoms with Crippen LogP contribution in [0.4, 0.5) is 5.69 Å². The predicted octanol–water partition coefficient (Wildman–Crippen LogP) is 2.78. The van der Waals surface area contributed by atoms with Crippen molar-refractivity contribution >= 4 is 28.2 Å². The van der Waals surface area contributed by atoms with Gasteiger partial charge in [0.1, 0.15) is 0 Å². The molecule has 13 heavy (non-hydrogen) atoms. The molecule has 1 aromatic carbocycles. The molecule has 0 saturated carbocycles. The Labute approximate surface area is 81.3 Å². The van der Waals surface area contributed by atoms with E-state index in [0.29, 0.717) is 0 Å². The lowest BCUT2D eigenvalue weighted by Crippen LogP contribution is -1.90. The summed E-state index contributed by atoms with van der Waals surface area (Å²) in [6, 6.07) is 5.53. The number of anilines is 1. The van der Waals surface area contributed by atoms with Gasteiger partial charge >= 0.3 is 0 Å². The van der Waals surface area contributed by atoms with Crippen molar-refractivity contribution in [2.75, 3.05) is 5.73 Å². The number of nitrogens with zero attached hydrogens (tertiary/aromatic N) is 1. The Morgan fingerprint density at radius 1 is 1.31 bits per heavy atom. The minimum Gasteiger partial charge on any atom is -0.398 e. The lowest BCUT2D eigenvalue weighted by molar-refractivity contribution is 1.37. The number of aromatic nitrogens is 1. The molecular formula is C10H9ClN2. The van der Waals surface area contributed by atoms with E-state index >= 15 is 0 Å². The van der Waals surface area contributed by atoms with Crippen LogP contribution in [0.15, 0.2) is 24.4 Å². The second-order valence-electron chi connectivity index (χ2n) is 2.97. The second-order valence-corrected chi connectivity index (χ2v) is 3.38. The number of rotatable bonds is 0. The maximum Gasteiger partial charge on any atom is 0.0766 e. The van der Waals surface area contributed by atoms with E-state index in [0.717, 1.165) is 27.2 Å². The topological polar surface area (TPSA) is 38.9 Å². The Bertz CT molecular complexity index is 466. The third-order valence-electron chi connectivity index (χ3n) is 2.13. The van der Waals surface area contributed by atoms with Crippen LogP contribution in [0.1, 0.15) is 5.56 Å². The molecule has 0 atom stereocenters. The van der Waals surface area contributed by atoms with E-state index in [1.165, 1.54) is 0 Å². The SMILES string of the molecule is Cc1c(Cl)ccc2c(N)ccnc12. The third-order valence-corrected chi connectivity index (χ3v) is 2.54.